The van der Waals surface area contributed by atoms with Gasteiger partial charge >= 0.3 is 6.61 Å². The SMILES string of the molecule is COCCNC(N)=NCc1cc(C)ccc1OC(F)F. The van der Waals surface area contributed by atoms with Crippen molar-refractivity contribution < 1.29 is 18.3 Å². The van der Waals surface area contributed by atoms with Gasteiger partial charge in [-0.3, -0.25) is 0 Å². The van der Waals surface area contributed by atoms with Crippen LogP contribution in [0.3, 0.4) is 0 Å². The van der Waals surface area contributed by atoms with Gasteiger partial charge in [0.1, 0.15) is 5.75 Å². The predicted molar refractivity (Wildman–Crippen MR) is 73.0 cm³/mol. The number of hydrogen-bond acceptors (Lipinski definition) is 3. The fraction of sp³-hybridized carbons (Fsp3) is 0.462. The number of nitrogens with one attached hydrogen (secondary N) is 1. The molecular weight excluding hydrogens is 268 g/mol. The average Bonchev–Trinajstić information content (AvgIpc) is 2.39. The lowest BCUT2D eigenvalue weighted by atomic mass is 10.1. The van der Waals surface area contributed by atoms with E-state index in [4.69, 9.17) is 10.5 Å². The van der Waals surface area contributed by atoms with Crippen LogP contribution in [0.5, 0.6) is 5.75 Å². The summed E-state index contributed by atoms with van der Waals surface area (Å²) < 4.78 is 33.9. The molecule has 1 aromatic carbocycles. The summed E-state index contributed by atoms with van der Waals surface area (Å²) in [6, 6.07) is 4.94. The van der Waals surface area contributed by atoms with Gasteiger partial charge in [-0.25, -0.2) is 4.99 Å². The van der Waals surface area contributed by atoms with E-state index in [1.165, 1.54) is 6.07 Å². The Morgan fingerprint density at radius 3 is 2.85 bits per heavy atom. The van der Waals surface area contributed by atoms with Crippen molar-refractivity contribution in [3.63, 3.8) is 0 Å². The number of rotatable bonds is 7. The summed E-state index contributed by atoms with van der Waals surface area (Å²) in [6.45, 7) is 0.188. The number of ether oxygens (including phenoxy) is 2. The zero-order valence-corrected chi connectivity index (χ0v) is 11.5. The van der Waals surface area contributed by atoms with Crippen molar-refractivity contribution >= 4 is 5.96 Å². The second-order valence-corrected chi connectivity index (χ2v) is 4.11. The lowest BCUT2D eigenvalue weighted by Gasteiger charge is -2.10. The number of guanidine groups is 1. The van der Waals surface area contributed by atoms with Crippen LogP contribution in [0.4, 0.5) is 8.78 Å². The Morgan fingerprint density at radius 2 is 2.20 bits per heavy atom. The van der Waals surface area contributed by atoms with Gasteiger partial charge < -0.3 is 20.5 Å². The Morgan fingerprint density at radius 1 is 1.45 bits per heavy atom. The second-order valence-electron chi connectivity index (χ2n) is 4.11. The van der Waals surface area contributed by atoms with Gasteiger partial charge in [-0.2, -0.15) is 8.78 Å². The Hall–Kier alpha value is -1.89. The van der Waals surface area contributed by atoms with E-state index < -0.39 is 6.61 Å². The Labute approximate surface area is 116 Å². The van der Waals surface area contributed by atoms with Crippen LogP contribution < -0.4 is 15.8 Å². The maximum absolute atomic E-state index is 12.3. The van der Waals surface area contributed by atoms with Gasteiger partial charge in [0.05, 0.1) is 13.2 Å². The molecule has 0 bridgehead atoms. The van der Waals surface area contributed by atoms with E-state index in [2.05, 4.69) is 15.0 Å². The summed E-state index contributed by atoms with van der Waals surface area (Å²) in [5.74, 6) is 0.339. The van der Waals surface area contributed by atoms with E-state index in [0.29, 0.717) is 18.7 Å². The maximum Gasteiger partial charge on any atom is 0.387 e. The van der Waals surface area contributed by atoms with Crippen LogP contribution in [0.1, 0.15) is 11.1 Å². The molecule has 0 radical (unpaired) electrons. The number of hydrogen-bond donors (Lipinski definition) is 2. The first-order chi connectivity index (χ1) is 9.52. The first kappa shape index (κ1) is 16.2. The summed E-state index contributed by atoms with van der Waals surface area (Å²) in [4.78, 5) is 4.08. The second kappa shape index (κ2) is 8.31. The number of nitrogens with zero attached hydrogens (tertiary/aromatic N) is 1. The minimum atomic E-state index is -2.86. The van der Waals surface area contributed by atoms with Gasteiger partial charge in [0.2, 0.25) is 0 Å². The number of alkyl halides is 2. The minimum Gasteiger partial charge on any atom is -0.434 e. The van der Waals surface area contributed by atoms with Crippen molar-refractivity contribution in [3.8, 4) is 5.75 Å². The summed E-state index contributed by atoms with van der Waals surface area (Å²) >= 11 is 0. The van der Waals surface area contributed by atoms with Crippen molar-refractivity contribution in [3.05, 3.63) is 29.3 Å². The molecule has 0 saturated heterocycles. The third kappa shape index (κ3) is 5.83. The minimum absolute atomic E-state index is 0.110. The van der Waals surface area contributed by atoms with E-state index in [0.717, 1.165) is 5.56 Å². The Kier molecular flexibility index (Phi) is 6.72. The smallest absolute Gasteiger partial charge is 0.387 e. The molecular formula is C13H19F2N3O2. The van der Waals surface area contributed by atoms with Gasteiger partial charge in [0.15, 0.2) is 5.96 Å². The quantitative estimate of drug-likeness (QED) is 0.454. The molecule has 0 heterocycles. The van der Waals surface area contributed by atoms with Gasteiger partial charge in [-0.1, -0.05) is 17.7 Å². The normalized spacial score (nSPS) is 11.8. The summed E-state index contributed by atoms with van der Waals surface area (Å²) in [6.07, 6.45) is 0. The first-order valence-electron chi connectivity index (χ1n) is 6.10. The molecule has 0 fully saturated rings. The van der Waals surface area contributed by atoms with E-state index in [9.17, 15) is 8.78 Å². The summed E-state index contributed by atoms with van der Waals surface area (Å²) in [5, 5.41) is 2.84. The Balaban J connectivity index is 2.69. The van der Waals surface area contributed by atoms with Crippen LogP contribution >= 0.6 is 0 Å². The zero-order chi connectivity index (χ0) is 15.0. The van der Waals surface area contributed by atoms with Gasteiger partial charge in [-0.05, 0) is 13.0 Å². The van der Waals surface area contributed by atoms with Gasteiger partial charge in [0.25, 0.3) is 0 Å². The van der Waals surface area contributed by atoms with Gasteiger partial charge in [0, 0.05) is 19.2 Å². The molecule has 3 N–H and O–H groups in total. The van der Waals surface area contributed by atoms with Crippen molar-refractivity contribution in [2.75, 3.05) is 20.3 Å². The molecule has 0 amide bonds. The Bertz CT molecular complexity index is 453. The van der Waals surface area contributed by atoms with Crippen LogP contribution in [0.2, 0.25) is 0 Å². The molecule has 1 rings (SSSR count). The van der Waals surface area contributed by atoms with E-state index in [-0.39, 0.29) is 18.3 Å². The van der Waals surface area contributed by atoms with Crippen LogP contribution in [0.25, 0.3) is 0 Å². The zero-order valence-electron chi connectivity index (χ0n) is 11.5. The molecule has 0 spiro atoms. The van der Waals surface area contributed by atoms with Gasteiger partial charge in [-0.15, -0.1) is 0 Å². The number of methoxy groups -OCH3 is 1. The van der Waals surface area contributed by atoms with E-state index in [1.54, 1.807) is 19.2 Å². The topological polar surface area (TPSA) is 68.9 Å². The first-order valence-corrected chi connectivity index (χ1v) is 6.10. The van der Waals surface area contributed by atoms with Crippen LogP contribution in [0.15, 0.2) is 23.2 Å². The number of halogens is 2. The third-order valence-electron chi connectivity index (χ3n) is 2.46. The number of nitrogens with two attached hydrogens (primary N) is 1. The van der Waals surface area contributed by atoms with Crippen LogP contribution in [0, 0.1) is 6.92 Å². The van der Waals surface area contributed by atoms with Crippen molar-refractivity contribution in [1.82, 2.24) is 5.32 Å². The third-order valence-corrected chi connectivity index (χ3v) is 2.46. The predicted octanol–water partition coefficient (Wildman–Crippen LogP) is 1.65. The molecule has 0 aliphatic rings. The number of aryl methyl sites for hydroxylation is 1. The van der Waals surface area contributed by atoms with Crippen molar-refractivity contribution in [2.24, 2.45) is 10.7 Å². The number of benzene rings is 1. The molecule has 20 heavy (non-hydrogen) atoms. The molecule has 112 valence electrons. The highest BCUT2D eigenvalue weighted by Gasteiger charge is 2.09. The van der Waals surface area contributed by atoms with Crippen LogP contribution in [-0.4, -0.2) is 32.8 Å². The van der Waals surface area contributed by atoms with Crippen molar-refractivity contribution in [2.45, 2.75) is 20.1 Å². The van der Waals surface area contributed by atoms with Crippen LogP contribution in [-0.2, 0) is 11.3 Å². The summed E-state index contributed by atoms with van der Waals surface area (Å²) in [5.41, 5.74) is 7.14. The number of aliphatic imine (C=N–C) groups is 1. The largest absolute Gasteiger partial charge is 0.434 e. The molecule has 0 saturated carbocycles. The molecule has 5 nitrogen and oxygen atoms in total. The van der Waals surface area contributed by atoms with E-state index in [1.807, 2.05) is 6.92 Å². The lowest BCUT2D eigenvalue weighted by Crippen LogP contribution is -2.34. The fourth-order valence-electron chi connectivity index (χ4n) is 1.55. The lowest BCUT2D eigenvalue weighted by molar-refractivity contribution is -0.0504. The molecule has 0 unspecified atom stereocenters. The fourth-order valence-corrected chi connectivity index (χ4v) is 1.55. The monoisotopic (exact) mass is 287 g/mol. The molecule has 0 aliphatic heterocycles. The highest BCUT2D eigenvalue weighted by Crippen LogP contribution is 2.22. The molecule has 0 aliphatic carbocycles. The van der Waals surface area contributed by atoms with E-state index >= 15 is 0 Å². The average molecular weight is 287 g/mol. The highest BCUT2D eigenvalue weighted by atomic mass is 19.3. The van der Waals surface area contributed by atoms with Crippen molar-refractivity contribution in [1.29, 1.82) is 0 Å². The highest BCUT2D eigenvalue weighted by molar-refractivity contribution is 5.77. The molecule has 1 aromatic rings. The maximum atomic E-state index is 12.3. The molecule has 7 heteroatoms. The standard InChI is InChI=1S/C13H19F2N3O2/c1-9-3-4-11(20-12(14)15)10(7-9)8-18-13(16)17-5-6-19-2/h3-4,7,12H,5-6,8H2,1-2H3,(H3,16,17,18). The summed E-state index contributed by atoms with van der Waals surface area (Å²) in [7, 11) is 1.58. The molecule has 0 aromatic heterocycles. The molecule has 0 atom stereocenters.